The Hall–Kier alpha value is -2.17. The molecule has 1 aromatic rings. The summed E-state index contributed by atoms with van der Waals surface area (Å²) in [7, 11) is 0. The number of ether oxygens (including phenoxy) is 1. The van der Waals surface area contributed by atoms with E-state index in [1.807, 2.05) is 12.1 Å². The number of amides is 1. The molecule has 1 aromatic carbocycles. The fourth-order valence-corrected chi connectivity index (χ4v) is 2.42. The molecule has 1 amide bonds. The van der Waals surface area contributed by atoms with Gasteiger partial charge in [0.2, 0.25) is 0 Å². The van der Waals surface area contributed by atoms with Gasteiger partial charge in [0.05, 0.1) is 0 Å². The molecule has 1 saturated heterocycles. The Labute approximate surface area is 103 Å². The van der Waals surface area contributed by atoms with E-state index in [0.29, 0.717) is 18.5 Å². The maximum absolute atomic E-state index is 12.2. The molecule has 92 valence electrons. The summed E-state index contributed by atoms with van der Waals surface area (Å²) in [5.41, 5.74) is 1.54. The minimum absolute atomic E-state index is 0.165. The predicted molar refractivity (Wildman–Crippen MR) is 60.4 cm³/mol. The predicted octanol–water partition coefficient (Wildman–Crippen LogP) is 0.875. The van der Waals surface area contributed by atoms with Crippen molar-refractivity contribution in [2.24, 2.45) is 0 Å². The number of fused-ring (bicyclic) bond motifs is 1. The van der Waals surface area contributed by atoms with E-state index in [2.05, 4.69) is 4.74 Å². The molecule has 2 aliphatic rings. The van der Waals surface area contributed by atoms with Crippen LogP contribution < -0.4 is 0 Å². The van der Waals surface area contributed by atoms with Gasteiger partial charge in [-0.25, -0.2) is 4.79 Å². The van der Waals surface area contributed by atoms with E-state index in [9.17, 15) is 14.4 Å². The molecule has 5 nitrogen and oxygen atoms in total. The molecule has 0 aliphatic carbocycles. The zero-order chi connectivity index (χ0) is 12.7. The quantitative estimate of drug-likeness (QED) is 0.544. The lowest BCUT2D eigenvalue weighted by atomic mass is 10.1. The summed E-state index contributed by atoms with van der Waals surface area (Å²) in [6, 6.07) is 6.63. The highest BCUT2D eigenvalue weighted by molar-refractivity contribution is 6.02. The van der Waals surface area contributed by atoms with Crippen LogP contribution in [0.1, 0.15) is 28.8 Å². The first-order valence-corrected chi connectivity index (χ1v) is 5.80. The SMILES string of the molecule is O=C1CCC(N2Cc3ccccc3C2=O)C(=O)O1. The summed E-state index contributed by atoms with van der Waals surface area (Å²) in [6.45, 7) is 0.406. The molecule has 3 rings (SSSR count). The van der Waals surface area contributed by atoms with Crippen LogP contribution in [0.3, 0.4) is 0 Å². The number of cyclic esters (lactones) is 2. The summed E-state index contributed by atoms with van der Waals surface area (Å²) in [5, 5.41) is 0. The van der Waals surface area contributed by atoms with Crippen LogP contribution in [-0.4, -0.2) is 28.8 Å². The van der Waals surface area contributed by atoms with Crippen LogP contribution in [0.2, 0.25) is 0 Å². The van der Waals surface area contributed by atoms with Gasteiger partial charge in [-0.05, 0) is 18.1 Å². The first-order chi connectivity index (χ1) is 8.66. The van der Waals surface area contributed by atoms with Crippen molar-refractivity contribution >= 4 is 17.8 Å². The van der Waals surface area contributed by atoms with Crippen molar-refractivity contribution in [3.05, 3.63) is 35.4 Å². The van der Waals surface area contributed by atoms with Crippen molar-refractivity contribution in [2.75, 3.05) is 0 Å². The van der Waals surface area contributed by atoms with Crippen molar-refractivity contribution in [2.45, 2.75) is 25.4 Å². The molecule has 1 fully saturated rings. The summed E-state index contributed by atoms with van der Waals surface area (Å²) < 4.78 is 4.59. The number of esters is 2. The largest absolute Gasteiger partial charge is 0.392 e. The third kappa shape index (κ3) is 1.59. The normalized spacial score (nSPS) is 23.0. The molecule has 2 heterocycles. The Morgan fingerprint density at radius 2 is 1.94 bits per heavy atom. The van der Waals surface area contributed by atoms with Crippen LogP contribution in [0.25, 0.3) is 0 Å². The van der Waals surface area contributed by atoms with E-state index in [4.69, 9.17) is 0 Å². The fraction of sp³-hybridized carbons (Fsp3) is 0.308. The minimum Gasteiger partial charge on any atom is -0.392 e. The highest BCUT2D eigenvalue weighted by Gasteiger charge is 2.40. The lowest BCUT2D eigenvalue weighted by Gasteiger charge is -2.28. The average Bonchev–Trinajstić information content (AvgIpc) is 2.68. The van der Waals surface area contributed by atoms with Gasteiger partial charge in [0.15, 0.2) is 0 Å². The molecule has 0 bridgehead atoms. The van der Waals surface area contributed by atoms with Gasteiger partial charge in [0.1, 0.15) is 6.04 Å². The number of carbonyl (C=O) groups is 3. The van der Waals surface area contributed by atoms with Gasteiger partial charge in [0.25, 0.3) is 5.91 Å². The average molecular weight is 245 g/mol. The standard InChI is InChI=1S/C13H11NO4/c15-11-6-5-10(13(17)18-11)14-7-8-3-1-2-4-9(8)12(14)16/h1-4,10H,5-7H2. The highest BCUT2D eigenvalue weighted by Crippen LogP contribution is 2.27. The van der Waals surface area contributed by atoms with Crippen LogP contribution in [0.5, 0.6) is 0 Å². The van der Waals surface area contributed by atoms with Gasteiger partial charge < -0.3 is 9.64 Å². The van der Waals surface area contributed by atoms with E-state index in [-0.39, 0.29) is 12.3 Å². The number of rotatable bonds is 1. The van der Waals surface area contributed by atoms with Gasteiger partial charge in [-0.1, -0.05) is 18.2 Å². The van der Waals surface area contributed by atoms with Crippen molar-refractivity contribution in [1.82, 2.24) is 4.90 Å². The van der Waals surface area contributed by atoms with Crippen LogP contribution in [0.4, 0.5) is 0 Å². The van der Waals surface area contributed by atoms with Crippen LogP contribution in [0.15, 0.2) is 24.3 Å². The summed E-state index contributed by atoms with van der Waals surface area (Å²) in [5.74, 6) is -1.30. The molecule has 0 spiro atoms. The van der Waals surface area contributed by atoms with Crippen molar-refractivity contribution in [3.63, 3.8) is 0 Å². The van der Waals surface area contributed by atoms with Crippen molar-refractivity contribution in [3.8, 4) is 0 Å². The van der Waals surface area contributed by atoms with Crippen LogP contribution >= 0.6 is 0 Å². The smallest absolute Gasteiger partial charge is 0.336 e. The van der Waals surface area contributed by atoms with Gasteiger partial charge in [0, 0.05) is 18.5 Å². The first kappa shape index (κ1) is 11.0. The molecular weight excluding hydrogens is 234 g/mol. The topological polar surface area (TPSA) is 63.7 Å². The fourth-order valence-electron chi connectivity index (χ4n) is 2.42. The van der Waals surface area contributed by atoms with E-state index in [0.717, 1.165) is 5.56 Å². The summed E-state index contributed by atoms with van der Waals surface area (Å²) in [6.07, 6.45) is 0.522. The van der Waals surface area contributed by atoms with Crippen LogP contribution in [0, 0.1) is 0 Å². The first-order valence-electron chi connectivity index (χ1n) is 5.80. The Kier molecular flexibility index (Phi) is 2.40. The second kappa shape index (κ2) is 3.94. The third-order valence-corrected chi connectivity index (χ3v) is 3.33. The lowest BCUT2D eigenvalue weighted by Crippen LogP contribution is -2.45. The second-order valence-corrected chi connectivity index (χ2v) is 4.44. The lowest BCUT2D eigenvalue weighted by molar-refractivity contribution is -0.167. The molecule has 0 radical (unpaired) electrons. The molecule has 0 saturated carbocycles. The Morgan fingerprint density at radius 1 is 1.17 bits per heavy atom. The zero-order valence-electron chi connectivity index (χ0n) is 9.59. The van der Waals surface area contributed by atoms with Gasteiger partial charge >= 0.3 is 11.9 Å². The van der Waals surface area contributed by atoms with Crippen molar-refractivity contribution in [1.29, 1.82) is 0 Å². The molecule has 1 unspecified atom stereocenters. The number of nitrogens with zero attached hydrogens (tertiary/aromatic N) is 1. The van der Waals surface area contributed by atoms with Crippen molar-refractivity contribution < 1.29 is 19.1 Å². The van der Waals surface area contributed by atoms with Gasteiger partial charge in [-0.2, -0.15) is 0 Å². The Bertz CT molecular complexity index is 552. The minimum atomic E-state index is -0.636. The maximum Gasteiger partial charge on any atom is 0.336 e. The maximum atomic E-state index is 12.2. The van der Waals surface area contributed by atoms with E-state index < -0.39 is 18.0 Å². The third-order valence-electron chi connectivity index (χ3n) is 3.33. The van der Waals surface area contributed by atoms with Crippen LogP contribution in [-0.2, 0) is 20.9 Å². The molecule has 1 atom stereocenters. The molecule has 0 aromatic heterocycles. The van der Waals surface area contributed by atoms with Gasteiger partial charge in [-0.15, -0.1) is 0 Å². The Balaban J connectivity index is 1.86. The second-order valence-electron chi connectivity index (χ2n) is 4.44. The monoisotopic (exact) mass is 245 g/mol. The number of hydrogen-bond donors (Lipinski definition) is 0. The number of hydrogen-bond acceptors (Lipinski definition) is 4. The molecule has 18 heavy (non-hydrogen) atoms. The van der Waals surface area contributed by atoms with E-state index in [1.54, 1.807) is 12.1 Å². The summed E-state index contributed by atoms with van der Waals surface area (Å²) in [4.78, 5) is 36.3. The molecule has 0 N–H and O–H groups in total. The molecule has 2 aliphatic heterocycles. The zero-order valence-corrected chi connectivity index (χ0v) is 9.59. The number of benzene rings is 1. The van der Waals surface area contributed by atoms with E-state index in [1.165, 1.54) is 4.90 Å². The van der Waals surface area contributed by atoms with E-state index >= 15 is 0 Å². The number of carbonyl (C=O) groups excluding carboxylic acids is 3. The highest BCUT2D eigenvalue weighted by atomic mass is 16.6. The van der Waals surface area contributed by atoms with Gasteiger partial charge in [-0.3, -0.25) is 9.59 Å². The Morgan fingerprint density at radius 3 is 2.67 bits per heavy atom. The summed E-state index contributed by atoms with van der Waals surface area (Å²) >= 11 is 0. The molecular formula is C13H11NO4. The molecule has 5 heteroatoms.